The van der Waals surface area contributed by atoms with Crippen molar-refractivity contribution in [2.75, 3.05) is 32.7 Å². The summed E-state index contributed by atoms with van der Waals surface area (Å²) < 4.78 is 26.7. The molecule has 2 rings (SSSR count). The Bertz CT molecular complexity index is 765. The lowest BCUT2D eigenvalue weighted by atomic mass is 9.90. The molecule has 1 atom stereocenters. The van der Waals surface area contributed by atoms with Crippen LogP contribution in [0.4, 0.5) is 0 Å². The van der Waals surface area contributed by atoms with Crippen molar-refractivity contribution in [2.45, 2.75) is 31.2 Å². The van der Waals surface area contributed by atoms with Crippen LogP contribution < -0.4 is 5.32 Å². The number of hydrogen-bond donors (Lipinski definition) is 1. The van der Waals surface area contributed by atoms with Gasteiger partial charge in [-0.2, -0.15) is 9.57 Å². The van der Waals surface area contributed by atoms with Crippen molar-refractivity contribution in [1.29, 1.82) is 5.26 Å². The molecular weight excluding hydrogens is 352 g/mol. The molecule has 0 radical (unpaired) electrons. The van der Waals surface area contributed by atoms with Crippen LogP contribution in [-0.4, -0.2) is 61.8 Å². The van der Waals surface area contributed by atoms with E-state index in [1.54, 1.807) is 37.3 Å². The molecule has 1 aliphatic rings. The molecule has 1 N–H and O–H groups in total. The second-order valence-corrected chi connectivity index (χ2v) is 8.95. The third-order valence-corrected chi connectivity index (χ3v) is 6.78. The summed E-state index contributed by atoms with van der Waals surface area (Å²) in [6.07, 6.45) is 0. The first-order chi connectivity index (χ1) is 12.2. The molecule has 0 aliphatic carbocycles. The van der Waals surface area contributed by atoms with Crippen molar-refractivity contribution in [2.24, 2.45) is 5.92 Å². The summed E-state index contributed by atoms with van der Waals surface area (Å²) in [4.78, 5) is 14.4. The van der Waals surface area contributed by atoms with E-state index in [9.17, 15) is 18.5 Å². The van der Waals surface area contributed by atoms with E-state index in [-0.39, 0.29) is 23.3 Å². The molecule has 0 spiro atoms. The molecule has 1 fully saturated rings. The fourth-order valence-corrected chi connectivity index (χ4v) is 4.15. The molecule has 0 saturated carbocycles. The Hall–Kier alpha value is -1.95. The number of rotatable bonds is 6. The van der Waals surface area contributed by atoms with Crippen molar-refractivity contribution in [3.05, 3.63) is 30.3 Å². The average molecular weight is 378 g/mol. The highest BCUT2D eigenvalue weighted by molar-refractivity contribution is 7.89. The summed E-state index contributed by atoms with van der Waals surface area (Å²) in [6.45, 7) is 7.26. The number of nitrogens with zero attached hydrogens (tertiary/aromatic N) is 3. The highest BCUT2D eigenvalue weighted by Gasteiger charge is 2.32. The largest absolute Gasteiger partial charge is 0.337 e. The molecule has 1 saturated heterocycles. The highest BCUT2D eigenvalue weighted by Crippen LogP contribution is 2.18. The Morgan fingerprint density at radius 2 is 1.81 bits per heavy atom. The second-order valence-electron chi connectivity index (χ2n) is 7.01. The van der Waals surface area contributed by atoms with E-state index in [0.29, 0.717) is 26.2 Å². The van der Waals surface area contributed by atoms with Gasteiger partial charge in [0.15, 0.2) is 0 Å². The van der Waals surface area contributed by atoms with Gasteiger partial charge in [-0.1, -0.05) is 32.0 Å². The molecular formula is C18H26N4O3S. The average Bonchev–Trinajstić information content (AvgIpc) is 2.62. The molecule has 0 aromatic heterocycles. The number of nitriles is 1. The van der Waals surface area contributed by atoms with Crippen LogP contribution in [0.5, 0.6) is 0 Å². The van der Waals surface area contributed by atoms with E-state index >= 15 is 0 Å². The van der Waals surface area contributed by atoms with Crippen molar-refractivity contribution in [3.63, 3.8) is 0 Å². The van der Waals surface area contributed by atoms with Gasteiger partial charge in [0.1, 0.15) is 5.54 Å². The quantitative estimate of drug-likeness (QED) is 0.798. The third-order valence-electron chi connectivity index (χ3n) is 4.87. The predicted molar refractivity (Wildman–Crippen MR) is 98.6 cm³/mol. The molecule has 1 heterocycles. The fraction of sp³-hybridized carbons (Fsp3) is 0.556. The zero-order valence-corrected chi connectivity index (χ0v) is 16.3. The highest BCUT2D eigenvalue weighted by atomic mass is 32.2. The maximum Gasteiger partial charge on any atom is 0.243 e. The van der Waals surface area contributed by atoms with Crippen LogP contribution in [0.15, 0.2) is 35.2 Å². The summed E-state index contributed by atoms with van der Waals surface area (Å²) in [7, 11) is -3.49. The Balaban J connectivity index is 1.91. The molecule has 1 amide bonds. The number of sulfonamides is 1. The van der Waals surface area contributed by atoms with Gasteiger partial charge in [0.05, 0.1) is 17.5 Å². The van der Waals surface area contributed by atoms with E-state index < -0.39 is 15.6 Å². The Morgan fingerprint density at radius 1 is 1.23 bits per heavy atom. The monoisotopic (exact) mass is 378 g/mol. The van der Waals surface area contributed by atoms with Crippen LogP contribution in [0, 0.1) is 17.2 Å². The van der Waals surface area contributed by atoms with Gasteiger partial charge in [-0.3, -0.25) is 9.69 Å². The molecule has 1 aromatic carbocycles. The van der Waals surface area contributed by atoms with Crippen LogP contribution in [0.25, 0.3) is 0 Å². The minimum atomic E-state index is -3.49. The summed E-state index contributed by atoms with van der Waals surface area (Å²) in [5.41, 5.74) is -0.907. The number of piperazine rings is 1. The minimum absolute atomic E-state index is 0.00990. The van der Waals surface area contributed by atoms with E-state index in [2.05, 4.69) is 11.4 Å². The zero-order chi connectivity index (χ0) is 19.4. The van der Waals surface area contributed by atoms with Crippen molar-refractivity contribution >= 4 is 15.9 Å². The van der Waals surface area contributed by atoms with Crippen LogP contribution in [0.2, 0.25) is 0 Å². The Labute approximate surface area is 155 Å². The van der Waals surface area contributed by atoms with E-state index in [0.717, 1.165) is 0 Å². The molecule has 1 aliphatic heterocycles. The fourth-order valence-electron chi connectivity index (χ4n) is 2.70. The maximum atomic E-state index is 12.6. The van der Waals surface area contributed by atoms with Crippen LogP contribution in [-0.2, 0) is 14.8 Å². The molecule has 0 bridgehead atoms. The lowest BCUT2D eigenvalue weighted by Crippen LogP contribution is -2.55. The molecule has 8 heteroatoms. The van der Waals surface area contributed by atoms with Gasteiger partial charge in [-0.15, -0.1) is 0 Å². The van der Waals surface area contributed by atoms with Gasteiger partial charge in [-0.25, -0.2) is 8.42 Å². The second kappa shape index (κ2) is 8.16. The van der Waals surface area contributed by atoms with Gasteiger partial charge >= 0.3 is 0 Å². The molecule has 0 unspecified atom stereocenters. The topological polar surface area (TPSA) is 93.5 Å². The van der Waals surface area contributed by atoms with Crippen molar-refractivity contribution in [3.8, 4) is 6.07 Å². The van der Waals surface area contributed by atoms with Gasteiger partial charge in [-0.05, 0) is 25.0 Å². The SMILES string of the molecule is CC(C)[C@](C)(C#N)NC(=O)CN1CCN(S(=O)(=O)c2ccccc2)CC1. The molecule has 26 heavy (non-hydrogen) atoms. The van der Waals surface area contributed by atoms with E-state index in [4.69, 9.17) is 0 Å². The first-order valence-corrected chi connectivity index (χ1v) is 10.1. The van der Waals surface area contributed by atoms with Crippen LogP contribution in [0.1, 0.15) is 20.8 Å². The summed E-state index contributed by atoms with van der Waals surface area (Å²) >= 11 is 0. The van der Waals surface area contributed by atoms with Gasteiger partial charge in [0.2, 0.25) is 15.9 Å². The first-order valence-electron chi connectivity index (χ1n) is 8.69. The van der Waals surface area contributed by atoms with Crippen LogP contribution in [0.3, 0.4) is 0 Å². The predicted octanol–water partition coefficient (Wildman–Crippen LogP) is 1.05. The zero-order valence-electron chi connectivity index (χ0n) is 15.5. The summed E-state index contributed by atoms with van der Waals surface area (Å²) in [5.74, 6) is -0.230. The molecule has 7 nitrogen and oxygen atoms in total. The first kappa shape index (κ1) is 20.4. The summed E-state index contributed by atoms with van der Waals surface area (Å²) in [6, 6.07) is 10.5. The van der Waals surface area contributed by atoms with Gasteiger partial charge in [0.25, 0.3) is 0 Å². The maximum absolute atomic E-state index is 12.6. The Kier molecular flexibility index (Phi) is 6.39. The van der Waals surface area contributed by atoms with Crippen LogP contribution >= 0.6 is 0 Å². The lowest BCUT2D eigenvalue weighted by molar-refractivity contribution is -0.124. The number of benzene rings is 1. The normalized spacial score (nSPS) is 18.9. The summed E-state index contributed by atoms with van der Waals surface area (Å²) in [5, 5.41) is 12.1. The van der Waals surface area contributed by atoms with E-state index in [1.807, 2.05) is 18.7 Å². The van der Waals surface area contributed by atoms with Gasteiger partial charge in [0, 0.05) is 26.2 Å². The Morgan fingerprint density at radius 3 is 2.31 bits per heavy atom. The number of hydrogen-bond acceptors (Lipinski definition) is 5. The number of carbonyl (C=O) groups is 1. The number of amides is 1. The van der Waals surface area contributed by atoms with Crippen molar-refractivity contribution < 1.29 is 13.2 Å². The smallest absolute Gasteiger partial charge is 0.243 e. The van der Waals surface area contributed by atoms with E-state index in [1.165, 1.54) is 4.31 Å². The van der Waals surface area contributed by atoms with Gasteiger partial charge < -0.3 is 5.32 Å². The third kappa shape index (κ3) is 4.61. The minimum Gasteiger partial charge on any atom is -0.337 e. The van der Waals surface area contributed by atoms with Crippen molar-refractivity contribution in [1.82, 2.24) is 14.5 Å². The number of nitrogens with one attached hydrogen (secondary N) is 1. The molecule has 142 valence electrons. The number of carbonyl (C=O) groups excluding carboxylic acids is 1. The lowest BCUT2D eigenvalue weighted by Gasteiger charge is -2.34. The standard InChI is InChI=1S/C18H26N4O3S/c1-15(2)18(3,14-19)20-17(23)13-21-9-11-22(12-10-21)26(24,25)16-7-5-4-6-8-16/h4-8,15H,9-13H2,1-3H3,(H,20,23)/t18-/m0/s1. The molecule has 1 aromatic rings.